The van der Waals surface area contributed by atoms with Crippen LogP contribution in [-0.2, 0) is 0 Å². The number of hydrogen-bond donors (Lipinski definition) is 1. The van der Waals surface area contributed by atoms with Crippen molar-refractivity contribution in [1.82, 2.24) is 0 Å². The third-order valence-corrected chi connectivity index (χ3v) is 2.83. The van der Waals surface area contributed by atoms with Gasteiger partial charge in [-0.25, -0.2) is 0 Å². The molecule has 0 bridgehead atoms. The summed E-state index contributed by atoms with van der Waals surface area (Å²) in [6.45, 7) is 2.26. The second-order valence-electron chi connectivity index (χ2n) is 4.36. The largest absolute Gasteiger partial charge is 0.516 e. The van der Waals surface area contributed by atoms with Crippen molar-refractivity contribution in [3.05, 3.63) is 12.3 Å². The van der Waals surface area contributed by atoms with E-state index in [-0.39, 0.29) is 0 Å². The van der Waals surface area contributed by atoms with E-state index >= 15 is 0 Å². The molecule has 90 valence electrons. The number of allylic oxidation sites excluding steroid dienone is 1. The molecule has 0 aromatic rings. The molecule has 0 radical (unpaired) electrons. The first-order valence-electron chi connectivity index (χ1n) is 6.71. The molecule has 0 heterocycles. The Balaban J connectivity index is 2.86. The standard InChI is InChI=1S/C14H28O/c1-2-3-4-5-6-7-8-9-10-11-12-13-14-15/h13-15H,2-12H2,1H3/b14-13-. The van der Waals surface area contributed by atoms with Gasteiger partial charge in [0.05, 0.1) is 6.26 Å². The van der Waals surface area contributed by atoms with Crippen LogP contribution in [0.1, 0.15) is 77.6 Å². The predicted octanol–water partition coefficient (Wildman–Crippen LogP) is 5.37. The van der Waals surface area contributed by atoms with Gasteiger partial charge in [-0.3, -0.25) is 0 Å². The van der Waals surface area contributed by atoms with Crippen LogP contribution in [0.25, 0.3) is 0 Å². The van der Waals surface area contributed by atoms with E-state index in [1.165, 1.54) is 64.2 Å². The summed E-state index contributed by atoms with van der Waals surface area (Å²) in [5.41, 5.74) is 0. The molecule has 1 nitrogen and oxygen atoms in total. The molecule has 0 aromatic heterocycles. The van der Waals surface area contributed by atoms with Gasteiger partial charge in [0.2, 0.25) is 0 Å². The molecule has 0 spiro atoms. The smallest absolute Gasteiger partial charge is 0.0751 e. The average molecular weight is 212 g/mol. The van der Waals surface area contributed by atoms with Gasteiger partial charge >= 0.3 is 0 Å². The summed E-state index contributed by atoms with van der Waals surface area (Å²) < 4.78 is 0. The third kappa shape index (κ3) is 13.5. The van der Waals surface area contributed by atoms with Crippen molar-refractivity contribution in [2.45, 2.75) is 77.6 Å². The summed E-state index contributed by atoms with van der Waals surface area (Å²) in [4.78, 5) is 0. The fourth-order valence-corrected chi connectivity index (χ4v) is 1.82. The van der Waals surface area contributed by atoms with Crippen molar-refractivity contribution in [1.29, 1.82) is 0 Å². The molecule has 1 N–H and O–H groups in total. The molecular weight excluding hydrogens is 184 g/mol. The quantitative estimate of drug-likeness (QED) is 0.360. The van der Waals surface area contributed by atoms with Crippen LogP contribution >= 0.6 is 0 Å². The van der Waals surface area contributed by atoms with E-state index in [1.54, 1.807) is 0 Å². The average Bonchev–Trinajstić information content (AvgIpc) is 2.26. The van der Waals surface area contributed by atoms with Crippen molar-refractivity contribution in [3.63, 3.8) is 0 Å². The number of unbranched alkanes of at least 4 members (excludes halogenated alkanes) is 10. The molecule has 0 amide bonds. The summed E-state index contributed by atoms with van der Waals surface area (Å²) in [6.07, 6.45) is 17.8. The normalized spacial score (nSPS) is 11.3. The predicted molar refractivity (Wildman–Crippen MR) is 68.2 cm³/mol. The van der Waals surface area contributed by atoms with Crippen LogP contribution in [0.5, 0.6) is 0 Å². The molecule has 0 aliphatic rings. The topological polar surface area (TPSA) is 20.2 Å². The maximum Gasteiger partial charge on any atom is 0.0751 e. The Morgan fingerprint density at radius 3 is 1.67 bits per heavy atom. The Kier molecular flexibility index (Phi) is 13.1. The van der Waals surface area contributed by atoms with Gasteiger partial charge < -0.3 is 5.11 Å². The maximum atomic E-state index is 8.43. The Hall–Kier alpha value is -0.460. The van der Waals surface area contributed by atoms with E-state index in [1.807, 2.05) is 6.08 Å². The first kappa shape index (κ1) is 14.5. The highest BCUT2D eigenvalue weighted by Crippen LogP contribution is 2.11. The van der Waals surface area contributed by atoms with Crippen LogP contribution < -0.4 is 0 Å². The van der Waals surface area contributed by atoms with E-state index in [4.69, 9.17) is 5.11 Å². The minimum atomic E-state index is 1.03. The molecule has 0 saturated heterocycles. The lowest BCUT2D eigenvalue weighted by atomic mass is 10.1. The number of aliphatic hydroxyl groups excluding tert-OH is 1. The van der Waals surface area contributed by atoms with E-state index in [2.05, 4.69) is 6.92 Å². The Labute approximate surface area is 95.6 Å². The Morgan fingerprint density at radius 1 is 0.733 bits per heavy atom. The molecule has 0 aliphatic heterocycles. The fourth-order valence-electron chi connectivity index (χ4n) is 1.82. The van der Waals surface area contributed by atoms with Gasteiger partial charge in [-0.1, -0.05) is 70.8 Å². The SMILES string of the molecule is CCCCCCCCCCCC/C=C\O. The molecular formula is C14H28O. The molecule has 0 fully saturated rings. The molecule has 0 aromatic carbocycles. The molecule has 0 unspecified atom stereocenters. The van der Waals surface area contributed by atoms with Gasteiger partial charge in [-0.05, 0) is 12.8 Å². The van der Waals surface area contributed by atoms with E-state index in [0.29, 0.717) is 0 Å². The maximum absolute atomic E-state index is 8.43. The third-order valence-electron chi connectivity index (χ3n) is 2.83. The molecule has 1 heteroatoms. The highest BCUT2D eigenvalue weighted by atomic mass is 16.2. The van der Waals surface area contributed by atoms with Gasteiger partial charge in [0, 0.05) is 0 Å². The van der Waals surface area contributed by atoms with Crippen LogP contribution in [0, 0.1) is 0 Å². The second-order valence-corrected chi connectivity index (χ2v) is 4.36. The van der Waals surface area contributed by atoms with Crippen LogP contribution in [0.2, 0.25) is 0 Å². The van der Waals surface area contributed by atoms with Crippen LogP contribution in [-0.4, -0.2) is 5.11 Å². The summed E-state index contributed by atoms with van der Waals surface area (Å²) in [6, 6.07) is 0. The first-order valence-corrected chi connectivity index (χ1v) is 6.71. The summed E-state index contributed by atoms with van der Waals surface area (Å²) in [7, 11) is 0. The number of hydrogen-bond acceptors (Lipinski definition) is 1. The zero-order valence-corrected chi connectivity index (χ0v) is 10.4. The van der Waals surface area contributed by atoms with Crippen molar-refractivity contribution >= 4 is 0 Å². The van der Waals surface area contributed by atoms with Crippen molar-refractivity contribution < 1.29 is 5.11 Å². The summed E-state index contributed by atoms with van der Waals surface area (Å²) in [5.74, 6) is 0. The van der Waals surface area contributed by atoms with Gasteiger partial charge in [0.1, 0.15) is 0 Å². The van der Waals surface area contributed by atoms with Gasteiger partial charge in [-0.15, -0.1) is 0 Å². The minimum absolute atomic E-state index is 1.03. The summed E-state index contributed by atoms with van der Waals surface area (Å²) in [5, 5.41) is 8.43. The lowest BCUT2D eigenvalue weighted by molar-refractivity contribution is 0.469. The first-order chi connectivity index (χ1) is 7.41. The monoisotopic (exact) mass is 212 g/mol. The van der Waals surface area contributed by atoms with Gasteiger partial charge in [0.15, 0.2) is 0 Å². The fraction of sp³-hybridized carbons (Fsp3) is 0.857. The lowest BCUT2D eigenvalue weighted by Gasteiger charge is -2.00. The van der Waals surface area contributed by atoms with Crippen molar-refractivity contribution in [3.8, 4) is 0 Å². The second kappa shape index (κ2) is 13.5. The highest BCUT2D eigenvalue weighted by molar-refractivity contribution is 4.70. The van der Waals surface area contributed by atoms with Crippen molar-refractivity contribution in [2.24, 2.45) is 0 Å². The number of rotatable bonds is 11. The van der Waals surface area contributed by atoms with E-state index < -0.39 is 0 Å². The molecule has 0 rings (SSSR count). The van der Waals surface area contributed by atoms with Crippen LogP contribution in [0.15, 0.2) is 12.3 Å². The highest BCUT2D eigenvalue weighted by Gasteiger charge is 1.91. The Bertz CT molecular complexity index is 129. The molecule has 0 aliphatic carbocycles. The molecule has 0 saturated carbocycles. The Morgan fingerprint density at radius 2 is 1.20 bits per heavy atom. The lowest BCUT2D eigenvalue weighted by Crippen LogP contribution is -1.81. The minimum Gasteiger partial charge on any atom is -0.516 e. The zero-order valence-electron chi connectivity index (χ0n) is 10.4. The van der Waals surface area contributed by atoms with Crippen molar-refractivity contribution in [2.75, 3.05) is 0 Å². The van der Waals surface area contributed by atoms with E-state index in [0.717, 1.165) is 12.7 Å². The molecule has 0 atom stereocenters. The van der Waals surface area contributed by atoms with Crippen LogP contribution in [0.3, 0.4) is 0 Å². The van der Waals surface area contributed by atoms with E-state index in [9.17, 15) is 0 Å². The van der Waals surface area contributed by atoms with Gasteiger partial charge in [0.25, 0.3) is 0 Å². The summed E-state index contributed by atoms with van der Waals surface area (Å²) >= 11 is 0. The molecule has 15 heavy (non-hydrogen) atoms. The zero-order chi connectivity index (χ0) is 11.2. The number of aliphatic hydroxyl groups is 1. The van der Waals surface area contributed by atoms with Crippen LogP contribution in [0.4, 0.5) is 0 Å². The van der Waals surface area contributed by atoms with Gasteiger partial charge in [-0.2, -0.15) is 0 Å².